The normalized spacial score (nSPS) is 16.4. The number of carbonyl (C=O) groups excluding carboxylic acids is 1. The molecule has 254 valence electrons. The zero-order chi connectivity index (χ0) is 34.2. The maximum Gasteiger partial charge on any atom is 0.255 e. The number of carbonyl (C=O) groups is 1. The van der Waals surface area contributed by atoms with Crippen LogP contribution in [0.25, 0.3) is 27.5 Å². The Hall–Kier alpha value is -4.81. The van der Waals surface area contributed by atoms with Crippen molar-refractivity contribution in [2.45, 2.75) is 38.6 Å². The van der Waals surface area contributed by atoms with Crippen molar-refractivity contribution < 1.29 is 18.7 Å². The molecule has 0 aliphatic carbocycles. The number of pyridine rings is 1. The standard InChI is InChI=1S/C37H32Cl2FN7O3/c38-25-6-4-24(29(40)17-25)21-50-35-3-1-2-30(43-35)22-10-13-46(14-11-22)20-34-42-32-9-7-26(18-33(32)47(34)19-27-12-15-49-27)41-37(48)23-5-8-31-28(16-23)36(39)45-44-31/h1-10,16-18,27H,11-15,19-21H2,(H,41,48)(H,44,45). The SMILES string of the molecule is O=C(Nc1ccc2nc(CN3CC=C(c4cccc(OCc5ccc(Cl)cc5F)n4)CC3)n(CC3CCO3)c2c1)c1ccc2n[nH]c(Cl)c2c1. The van der Waals surface area contributed by atoms with Crippen molar-refractivity contribution >= 4 is 62.3 Å². The van der Waals surface area contributed by atoms with Gasteiger partial charge in [-0.15, -0.1) is 0 Å². The zero-order valence-electron chi connectivity index (χ0n) is 26.8. The number of hydrogen-bond donors (Lipinski definition) is 2. The summed E-state index contributed by atoms with van der Waals surface area (Å²) in [6.45, 7) is 3.71. The molecular weight excluding hydrogens is 680 g/mol. The van der Waals surface area contributed by atoms with E-state index in [2.05, 4.69) is 31.1 Å². The highest BCUT2D eigenvalue weighted by Gasteiger charge is 2.24. The first-order valence-corrected chi connectivity index (χ1v) is 17.1. The van der Waals surface area contributed by atoms with Crippen LogP contribution in [-0.4, -0.2) is 61.3 Å². The average Bonchev–Trinajstić information content (AvgIpc) is 3.64. The molecule has 5 heterocycles. The number of nitrogens with zero attached hydrogens (tertiary/aromatic N) is 5. The summed E-state index contributed by atoms with van der Waals surface area (Å²) in [6, 6.07) is 21.2. The summed E-state index contributed by atoms with van der Waals surface area (Å²) in [5, 5.41) is 11.3. The van der Waals surface area contributed by atoms with E-state index >= 15 is 0 Å². The lowest BCUT2D eigenvalue weighted by molar-refractivity contribution is -0.0591. The van der Waals surface area contributed by atoms with E-state index in [0.29, 0.717) is 56.9 Å². The second-order valence-corrected chi connectivity index (χ2v) is 13.3. The van der Waals surface area contributed by atoms with Gasteiger partial charge >= 0.3 is 0 Å². The number of benzene rings is 3. The van der Waals surface area contributed by atoms with Crippen LogP contribution in [0.15, 0.2) is 78.9 Å². The van der Waals surface area contributed by atoms with E-state index in [-0.39, 0.29) is 18.6 Å². The number of anilines is 1. The van der Waals surface area contributed by atoms with Crippen molar-refractivity contribution in [3.8, 4) is 5.88 Å². The fraction of sp³-hybridized carbons (Fsp3) is 0.243. The Balaban J connectivity index is 0.966. The molecule has 3 aromatic heterocycles. The third kappa shape index (κ3) is 6.82. The Morgan fingerprint density at radius 3 is 2.74 bits per heavy atom. The number of halogens is 3. The molecule has 1 saturated heterocycles. The van der Waals surface area contributed by atoms with Crippen molar-refractivity contribution in [1.82, 2.24) is 29.6 Å². The first-order chi connectivity index (χ1) is 24.4. The number of ether oxygens (including phenoxy) is 2. The van der Waals surface area contributed by atoms with E-state index in [0.717, 1.165) is 60.7 Å². The lowest BCUT2D eigenvalue weighted by atomic mass is 10.0. The number of imidazole rings is 1. The third-order valence-electron chi connectivity index (χ3n) is 9.14. The summed E-state index contributed by atoms with van der Waals surface area (Å²) < 4.78 is 28.1. The molecule has 3 aromatic carbocycles. The molecule has 0 saturated carbocycles. The van der Waals surface area contributed by atoms with Gasteiger partial charge in [0.05, 0.1) is 41.4 Å². The summed E-state index contributed by atoms with van der Waals surface area (Å²) in [5.74, 6) is 0.732. The number of aromatic amines is 1. The third-order valence-corrected chi connectivity index (χ3v) is 9.66. The number of amides is 1. The first kappa shape index (κ1) is 32.4. The molecule has 2 aliphatic heterocycles. The van der Waals surface area contributed by atoms with Crippen molar-refractivity contribution in [2.24, 2.45) is 0 Å². The number of fused-ring (bicyclic) bond motifs is 2. The van der Waals surface area contributed by atoms with Gasteiger partial charge < -0.3 is 19.4 Å². The van der Waals surface area contributed by atoms with Crippen LogP contribution in [0.1, 0.15) is 40.3 Å². The van der Waals surface area contributed by atoms with E-state index in [1.807, 2.05) is 30.3 Å². The van der Waals surface area contributed by atoms with Crippen molar-refractivity contribution in [1.29, 1.82) is 0 Å². The molecule has 1 unspecified atom stereocenters. The first-order valence-electron chi connectivity index (χ1n) is 16.4. The van der Waals surface area contributed by atoms with E-state index in [1.165, 1.54) is 6.07 Å². The molecular formula is C37H32Cl2FN7O3. The summed E-state index contributed by atoms with van der Waals surface area (Å²) in [6.07, 6.45) is 4.12. The minimum atomic E-state index is -0.407. The molecule has 13 heteroatoms. The van der Waals surface area contributed by atoms with Crippen LogP contribution in [0, 0.1) is 5.82 Å². The van der Waals surface area contributed by atoms with Gasteiger partial charge in [-0.2, -0.15) is 5.10 Å². The molecule has 0 spiro atoms. The van der Waals surface area contributed by atoms with Crippen LogP contribution in [-0.2, 0) is 24.4 Å². The van der Waals surface area contributed by atoms with Crippen molar-refractivity contribution in [3.05, 3.63) is 118 Å². The fourth-order valence-electron chi connectivity index (χ4n) is 6.28. The number of nitrogens with one attached hydrogen (secondary N) is 2. The van der Waals surface area contributed by atoms with Gasteiger partial charge in [-0.25, -0.2) is 14.4 Å². The second kappa shape index (κ2) is 13.8. The predicted molar refractivity (Wildman–Crippen MR) is 191 cm³/mol. The Labute approximate surface area is 296 Å². The van der Waals surface area contributed by atoms with Crippen LogP contribution in [0.3, 0.4) is 0 Å². The highest BCUT2D eigenvalue weighted by Crippen LogP contribution is 2.28. The van der Waals surface area contributed by atoms with Crippen LogP contribution in [0.2, 0.25) is 10.2 Å². The Kier molecular flexibility index (Phi) is 8.96. The molecule has 50 heavy (non-hydrogen) atoms. The van der Waals surface area contributed by atoms with Gasteiger partial charge in [-0.1, -0.05) is 41.4 Å². The lowest BCUT2D eigenvalue weighted by Gasteiger charge is -2.29. The molecule has 10 nitrogen and oxygen atoms in total. The summed E-state index contributed by atoms with van der Waals surface area (Å²) in [5.41, 5.74) is 6.04. The largest absolute Gasteiger partial charge is 0.473 e. The number of hydrogen-bond acceptors (Lipinski definition) is 7. The van der Waals surface area contributed by atoms with Gasteiger partial charge in [0.15, 0.2) is 0 Å². The maximum atomic E-state index is 14.2. The number of aromatic nitrogens is 5. The molecule has 6 aromatic rings. The summed E-state index contributed by atoms with van der Waals surface area (Å²) in [7, 11) is 0. The number of H-pyrrole nitrogens is 1. The average molecular weight is 713 g/mol. The minimum absolute atomic E-state index is 0.0602. The molecule has 1 fully saturated rings. The Morgan fingerprint density at radius 1 is 1.06 bits per heavy atom. The van der Waals surface area contributed by atoms with Crippen LogP contribution in [0.4, 0.5) is 10.1 Å². The fourth-order valence-corrected chi connectivity index (χ4v) is 6.63. The van der Waals surface area contributed by atoms with E-state index in [4.69, 9.17) is 42.6 Å². The van der Waals surface area contributed by atoms with Gasteiger partial charge in [0.2, 0.25) is 5.88 Å². The number of rotatable bonds is 10. The molecule has 1 amide bonds. The molecule has 0 bridgehead atoms. The zero-order valence-corrected chi connectivity index (χ0v) is 28.3. The van der Waals surface area contributed by atoms with Crippen molar-refractivity contribution in [3.63, 3.8) is 0 Å². The second-order valence-electron chi connectivity index (χ2n) is 12.4. The predicted octanol–water partition coefficient (Wildman–Crippen LogP) is 7.66. The quantitative estimate of drug-likeness (QED) is 0.150. The molecule has 0 radical (unpaired) electrons. The van der Waals surface area contributed by atoms with Gasteiger partial charge in [-0.05, 0) is 73.0 Å². The van der Waals surface area contributed by atoms with Gasteiger partial charge in [0.1, 0.15) is 23.4 Å². The van der Waals surface area contributed by atoms with E-state index < -0.39 is 5.82 Å². The van der Waals surface area contributed by atoms with Crippen LogP contribution >= 0.6 is 23.2 Å². The van der Waals surface area contributed by atoms with E-state index in [1.54, 1.807) is 36.4 Å². The Bertz CT molecular complexity index is 2270. The summed E-state index contributed by atoms with van der Waals surface area (Å²) >= 11 is 12.1. The van der Waals surface area contributed by atoms with Crippen LogP contribution in [0.5, 0.6) is 5.88 Å². The minimum Gasteiger partial charge on any atom is -0.473 e. The highest BCUT2D eigenvalue weighted by atomic mass is 35.5. The van der Waals surface area contributed by atoms with Gasteiger partial charge in [0, 0.05) is 53.0 Å². The molecule has 1 atom stereocenters. The lowest BCUT2D eigenvalue weighted by Crippen LogP contribution is -2.33. The molecule has 2 aliphatic rings. The highest BCUT2D eigenvalue weighted by molar-refractivity contribution is 6.34. The monoisotopic (exact) mass is 711 g/mol. The maximum absolute atomic E-state index is 14.2. The molecule has 2 N–H and O–H groups in total. The smallest absolute Gasteiger partial charge is 0.255 e. The van der Waals surface area contributed by atoms with Crippen LogP contribution < -0.4 is 10.1 Å². The summed E-state index contributed by atoms with van der Waals surface area (Å²) in [4.78, 5) is 25.3. The van der Waals surface area contributed by atoms with Gasteiger partial charge in [-0.3, -0.25) is 14.8 Å². The van der Waals surface area contributed by atoms with Crippen molar-refractivity contribution in [2.75, 3.05) is 25.0 Å². The molecule has 8 rings (SSSR count). The Morgan fingerprint density at radius 2 is 1.94 bits per heavy atom. The van der Waals surface area contributed by atoms with E-state index in [9.17, 15) is 9.18 Å². The topological polar surface area (TPSA) is 110 Å². The van der Waals surface area contributed by atoms with Gasteiger partial charge in [0.25, 0.3) is 5.91 Å².